The number of aromatic hydroxyl groups is 1. The van der Waals surface area contributed by atoms with E-state index in [1.807, 2.05) is 6.92 Å². The number of ether oxygens (including phenoxy) is 1. The number of phenols is 1. The summed E-state index contributed by atoms with van der Waals surface area (Å²) in [7, 11) is 1.56. The highest BCUT2D eigenvalue weighted by Crippen LogP contribution is 2.26. The zero-order valence-electron chi connectivity index (χ0n) is 7.16. The fourth-order valence-electron chi connectivity index (χ4n) is 1.06. The standard InChI is InChI=1S/C9H12O3/c1-6-3-8(11)7(5-10)4-9(6)12-2/h3-4,10-11H,5H2,1-2H3. The van der Waals surface area contributed by atoms with Crippen molar-refractivity contribution in [3.63, 3.8) is 0 Å². The number of hydrogen-bond donors (Lipinski definition) is 2. The molecule has 12 heavy (non-hydrogen) atoms. The Labute approximate surface area is 71.2 Å². The van der Waals surface area contributed by atoms with Crippen molar-refractivity contribution in [3.8, 4) is 11.5 Å². The van der Waals surface area contributed by atoms with E-state index in [0.29, 0.717) is 11.3 Å². The van der Waals surface area contributed by atoms with Crippen LogP contribution in [0.15, 0.2) is 12.1 Å². The molecule has 1 aromatic carbocycles. The van der Waals surface area contributed by atoms with Crippen LogP contribution in [0.2, 0.25) is 0 Å². The van der Waals surface area contributed by atoms with E-state index < -0.39 is 0 Å². The normalized spacial score (nSPS) is 9.92. The van der Waals surface area contributed by atoms with Gasteiger partial charge in [0, 0.05) is 5.56 Å². The molecule has 0 amide bonds. The number of methoxy groups -OCH3 is 1. The van der Waals surface area contributed by atoms with Crippen molar-refractivity contribution in [3.05, 3.63) is 23.3 Å². The van der Waals surface area contributed by atoms with Gasteiger partial charge in [-0.1, -0.05) is 0 Å². The lowest BCUT2D eigenvalue weighted by atomic mass is 10.1. The van der Waals surface area contributed by atoms with Crippen molar-refractivity contribution in [1.29, 1.82) is 0 Å². The van der Waals surface area contributed by atoms with E-state index in [1.165, 1.54) is 0 Å². The summed E-state index contributed by atoms with van der Waals surface area (Å²) >= 11 is 0. The molecule has 0 aromatic heterocycles. The summed E-state index contributed by atoms with van der Waals surface area (Å²) in [6, 6.07) is 3.20. The van der Waals surface area contributed by atoms with E-state index in [-0.39, 0.29) is 12.4 Å². The van der Waals surface area contributed by atoms with E-state index in [9.17, 15) is 5.11 Å². The Balaban J connectivity index is 3.18. The lowest BCUT2D eigenvalue weighted by molar-refractivity contribution is 0.274. The molecule has 0 aliphatic carbocycles. The maximum Gasteiger partial charge on any atom is 0.122 e. The second-order valence-electron chi connectivity index (χ2n) is 2.61. The minimum Gasteiger partial charge on any atom is -0.508 e. The molecule has 1 aromatic rings. The first-order chi connectivity index (χ1) is 5.69. The average Bonchev–Trinajstić information content (AvgIpc) is 2.05. The van der Waals surface area contributed by atoms with E-state index in [0.717, 1.165) is 5.56 Å². The van der Waals surface area contributed by atoms with Crippen LogP contribution in [0, 0.1) is 6.92 Å². The molecule has 0 atom stereocenters. The molecule has 3 nitrogen and oxygen atoms in total. The van der Waals surface area contributed by atoms with E-state index >= 15 is 0 Å². The number of rotatable bonds is 2. The van der Waals surface area contributed by atoms with Gasteiger partial charge in [-0.05, 0) is 24.6 Å². The Bertz CT molecular complexity index is 256. The maximum absolute atomic E-state index is 9.30. The van der Waals surface area contributed by atoms with Crippen LogP contribution in [-0.2, 0) is 6.61 Å². The monoisotopic (exact) mass is 168 g/mol. The SMILES string of the molecule is COc1cc(CO)c(O)cc1C. The summed E-state index contributed by atoms with van der Waals surface area (Å²) in [6.07, 6.45) is 0. The van der Waals surface area contributed by atoms with Gasteiger partial charge < -0.3 is 14.9 Å². The minimum atomic E-state index is -0.178. The van der Waals surface area contributed by atoms with Crippen LogP contribution in [0.4, 0.5) is 0 Å². The molecule has 66 valence electrons. The molecule has 2 N–H and O–H groups in total. The fourth-order valence-corrected chi connectivity index (χ4v) is 1.06. The molecule has 0 aliphatic heterocycles. The van der Waals surface area contributed by atoms with Gasteiger partial charge in [-0.3, -0.25) is 0 Å². The number of aryl methyl sites for hydroxylation is 1. The second kappa shape index (κ2) is 3.45. The number of aliphatic hydroxyl groups excluding tert-OH is 1. The van der Waals surface area contributed by atoms with Gasteiger partial charge in [0.05, 0.1) is 13.7 Å². The van der Waals surface area contributed by atoms with Crippen molar-refractivity contribution in [2.75, 3.05) is 7.11 Å². The van der Waals surface area contributed by atoms with Crippen LogP contribution in [0.3, 0.4) is 0 Å². The highest BCUT2D eigenvalue weighted by Gasteiger charge is 2.05. The first-order valence-corrected chi connectivity index (χ1v) is 3.66. The second-order valence-corrected chi connectivity index (χ2v) is 2.61. The minimum absolute atomic E-state index is 0.107. The topological polar surface area (TPSA) is 49.7 Å². The Morgan fingerprint density at radius 1 is 1.42 bits per heavy atom. The van der Waals surface area contributed by atoms with E-state index in [1.54, 1.807) is 19.2 Å². The van der Waals surface area contributed by atoms with Gasteiger partial charge in [0.1, 0.15) is 11.5 Å². The maximum atomic E-state index is 9.30. The van der Waals surface area contributed by atoms with Crippen LogP contribution in [0.25, 0.3) is 0 Å². The van der Waals surface area contributed by atoms with Gasteiger partial charge in [-0.15, -0.1) is 0 Å². The lowest BCUT2D eigenvalue weighted by Gasteiger charge is -2.07. The van der Waals surface area contributed by atoms with Crippen molar-refractivity contribution in [2.45, 2.75) is 13.5 Å². The summed E-state index contributed by atoms with van der Waals surface area (Å²) in [5.41, 5.74) is 1.34. The van der Waals surface area contributed by atoms with Crippen LogP contribution >= 0.6 is 0 Å². The van der Waals surface area contributed by atoms with Gasteiger partial charge >= 0.3 is 0 Å². The van der Waals surface area contributed by atoms with Gasteiger partial charge in [0.15, 0.2) is 0 Å². The summed E-state index contributed by atoms with van der Waals surface area (Å²) in [5.74, 6) is 0.785. The van der Waals surface area contributed by atoms with Crippen LogP contribution in [-0.4, -0.2) is 17.3 Å². The van der Waals surface area contributed by atoms with Crippen molar-refractivity contribution in [1.82, 2.24) is 0 Å². The van der Waals surface area contributed by atoms with Crippen LogP contribution < -0.4 is 4.74 Å². The van der Waals surface area contributed by atoms with E-state index in [4.69, 9.17) is 9.84 Å². The zero-order valence-corrected chi connectivity index (χ0v) is 7.16. The van der Waals surface area contributed by atoms with Gasteiger partial charge in [-0.25, -0.2) is 0 Å². The molecule has 1 rings (SSSR count). The third-order valence-electron chi connectivity index (χ3n) is 1.77. The predicted molar refractivity (Wildman–Crippen MR) is 45.3 cm³/mol. The third-order valence-corrected chi connectivity index (χ3v) is 1.77. The van der Waals surface area contributed by atoms with Gasteiger partial charge in [0.2, 0.25) is 0 Å². The Kier molecular flexibility index (Phi) is 2.55. The summed E-state index contributed by atoms with van der Waals surface area (Å²) < 4.78 is 5.02. The van der Waals surface area contributed by atoms with E-state index in [2.05, 4.69) is 0 Å². The molecule has 0 fully saturated rings. The summed E-state index contributed by atoms with van der Waals surface area (Å²) in [5, 5.41) is 18.1. The molecule has 0 saturated heterocycles. The van der Waals surface area contributed by atoms with Crippen LogP contribution in [0.1, 0.15) is 11.1 Å². The molecule has 0 saturated carbocycles. The molecular formula is C9H12O3. The van der Waals surface area contributed by atoms with Crippen LogP contribution in [0.5, 0.6) is 11.5 Å². The molecule has 0 bridgehead atoms. The summed E-state index contributed by atoms with van der Waals surface area (Å²) in [6.45, 7) is 1.65. The molecule has 0 aliphatic rings. The largest absolute Gasteiger partial charge is 0.508 e. The first kappa shape index (κ1) is 8.87. The molecule has 0 heterocycles. The molecule has 0 radical (unpaired) electrons. The Morgan fingerprint density at radius 3 is 2.58 bits per heavy atom. The molecule has 0 unspecified atom stereocenters. The molecule has 0 spiro atoms. The number of benzene rings is 1. The third kappa shape index (κ3) is 1.51. The average molecular weight is 168 g/mol. The molecule has 3 heteroatoms. The van der Waals surface area contributed by atoms with Gasteiger partial charge in [0.25, 0.3) is 0 Å². The quantitative estimate of drug-likeness (QED) is 0.697. The Hall–Kier alpha value is -1.22. The summed E-state index contributed by atoms with van der Waals surface area (Å²) in [4.78, 5) is 0. The highest BCUT2D eigenvalue weighted by atomic mass is 16.5. The zero-order chi connectivity index (χ0) is 9.14. The predicted octanol–water partition coefficient (Wildman–Crippen LogP) is 1.20. The smallest absolute Gasteiger partial charge is 0.122 e. The number of hydrogen-bond acceptors (Lipinski definition) is 3. The van der Waals surface area contributed by atoms with Crippen molar-refractivity contribution < 1.29 is 14.9 Å². The van der Waals surface area contributed by atoms with Crippen molar-refractivity contribution in [2.24, 2.45) is 0 Å². The first-order valence-electron chi connectivity index (χ1n) is 3.66. The highest BCUT2D eigenvalue weighted by molar-refractivity contribution is 5.44. The number of aliphatic hydroxyl groups is 1. The fraction of sp³-hybridized carbons (Fsp3) is 0.333. The van der Waals surface area contributed by atoms with Crippen molar-refractivity contribution >= 4 is 0 Å². The molecular weight excluding hydrogens is 156 g/mol. The lowest BCUT2D eigenvalue weighted by Crippen LogP contribution is -1.91. The Morgan fingerprint density at radius 2 is 2.08 bits per heavy atom. The van der Waals surface area contributed by atoms with Gasteiger partial charge in [-0.2, -0.15) is 0 Å².